The summed E-state index contributed by atoms with van der Waals surface area (Å²) in [6, 6.07) is 10.4. The number of aromatic nitrogens is 1. The lowest BCUT2D eigenvalue weighted by molar-refractivity contribution is -0.134. The molecule has 0 unspecified atom stereocenters. The Labute approximate surface area is 141 Å². The predicted octanol–water partition coefficient (Wildman–Crippen LogP) is 3.22. The monoisotopic (exact) mass is 328 g/mol. The lowest BCUT2D eigenvalue weighted by Crippen LogP contribution is -2.39. The first-order chi connectivity index (χ1) is 11.7. The Hall–Kier alpha value is -2.43. The molecule has 5 heteroatoms. The van der Waals surface area contributed by atoms with Crippen molar-refractivity contribution in [3.05, 3.63) is 60.2 Å². The van der Waals surface area contributed by atoms with Crippen LogP contribution >= 0.6 is 0 Å². The minimum absolute atomic E-state index is 0.0736. The van der Waals surface area contributed by atoms with Crippen LogP contribution in [-0.4, -0.2) is 35.0 Å². The Morgan fingerprint density at radius 1 is 1.25 bits per heavy atom. The van der Waals surface area contributed by atoms with Gasteiger partial charge in [-0.15, -0.1) is 0 Å². The molecule has 0 N–H and O–H groups in total. The van der Waals surface area contributed by atoms with Crippen molar-refractivity contribution in [2.24, 2.45) is 0 Å². The fourth-order valence-corrected chi connectivity index (χ4v) is 3.13. The van der Waals surface area contributed by atoms with Crippen LogP contribution in [0.4, 0.5) is 4.39 Å². The number of hydrogen-bond acceptors (Lipinski definition) is 3. The number of aryl methyl sites for hydroxylation is 1. The molecule has 0 spiro atoms. The molecule has 1 aliphatic heterocycles. The minimum atomic E-state index is -0.444. The van der Waals surface area contributed by atoms with Gasteiger partial charge in [0.1, 0.15) is 0 Å². The van der Waals surface area contributed by atoms with E-state index in [0.717, 1.165) is 32.2 Å². The number of carbonyl (C=O) groups excluding carboxylic acids is 1. The van der Waals surface area contributed by atoms with Crippen molar-refractivity contribution in [2.75, 3.05) is 13.2 Å². The van der Waals surface area contributed by atoms with Crippen LogP contribution in [0.15, 0.2) is 48.8 Å². The fraction of sp³-hybridized carbons (Fsp3) is 0.368. The van der Waals surface area contributed by atoms with Gasteiger partial charge in [-0.05, 0) is 55.5 Å². The molecular weight excluding hydrogens is 307 g/mol. The Morgan fingerprint density at radius 2 is 2.04 bits per heavy atom. The molecule has 1 amide bonds. The van der Waals surface area contributed by atoms with Gasteiger partial charge in [0.15, 0.2) is 18.2 Å². The van der Waals surface area contributed by atoms with Crippen LogP contribution in [0.3, 0.4) is 0 Å². The van der Waals surface area contributed by atoms with Crippen molar-refractivity contribution in [1.82, 2.24) is 9.88 Å². The van der Waals surface area contributed by atoms with Gasteiger partial charge in [0.2, 0.25) is 0 Å². The van der Waals surface area contributed by atoms with Crippen LogP contribution in [0.5, 0.6) is 5.75 Å². The van der Waals surface area contributed by atoms with Crippen LogP contribution in [0, 0.1) is 5.82 Å². The summed E-state index contributed by atoms with van der Waals surface area (Å²) in [5.41, 5.74) is 1.23. The van der Waals surface area contributed by atoms with E-state index in [0.29, 0.717) is 0 Å². The lowest BCUT2D eigenvalue weighted by Gasteiger charge is -2.25. The molecule has 2 aromatic rings. The van der Waals surface area contributed by atoms with Crippen LogP contribution in [0.25, 0.3) is 0 Å². The van der Waals surface area contributed by atoms with Gasteiger partial charge in [0.25, 0.3) is 5.91 Å². The number of ether oxygens (including phenoxy) is 1. The maximum atomic E-state index is 13.5. The van der Waals surface area contributed by atoms with Gasteiger partial charge in [-0.2, -0.15) is 0 Å². The molecule has 126 valence electrons. The number of halogens is 1. The van der Waals surface area contributed by atoms with E-state index in [-0.39, 0.29) is 24.3 Å². The summed E-state index contributed by atoms with van der Waals surface area (Å²) in [6.07, 6.45) is 7.44. The smallest absolute Gasteiger partial charge is 0.260 e. The molecule has 4 nitrogen and oxygen atoms in total. The number of amides is 1. The highest BCUT2D eigenvalue weighted by Gasteiger charge is 2.28. The molecule has 3 rings (SSSR count). The van der Waals surface area contributed by atoms with Crippen molar-refractivity contribution in [2.45, 2.75) is 31.7 Å². The maximum Gasteiger partial charge on any atom is 0.260 e. The number of para-hydroxylation sites is 1. The molecule has 1 aromatic carbocycles. The first-order valence-corrected chi connectivity index (χ1v) is 8.30. The molecule has 0 bridgehead atoms. The number of benzene rings is 1. The lowest BCUT2D eigenvalue weighted by atomic mass is 10.0. The highest BCUT2D eigenvalue weighted by molar-refractivity contribution is 5.78. The van der Waals surface area contributed by atoms with Crippen molar-refractivity contribution >= 4 is 5.91 Å². The quantitative estimate of drug-likeness (QED) is 0.818. The zero-order valence-electron chi connectivity index (χ0n) is 13.5. The Balaban J connectivity index is 1.52. The van der Waals surface area contributed by atoms with Gasteiger partial charge in [0, 0.05) is 25.0 Å². The van der Waals surface area contributed by atoms with Crippen molar-refractivity contribution in [3.63, 3.8) is 0 Å². The summed E-state index contributed by atoms with van der Waals surface area (Å²) in [4.78, 5) is 18.3. The van der Waals surface area contributed by atoms with Crippen molar-refractivity contribution in [3.8, 4) is 5.75 Å². The minimum Gasteiger partial charge on any atom is -0.481 e. The molecule has 1 atom stereocenters. The van der Waals surface area contributed by atoms with E-state index in [2.05, 4.69) is 4.98 Å². The molecule has 2 heterocycles. The Kier molecular flexibility index (Phi) is 5.41. The zero-order valence-corrected chi connectivity index (χ0v) is 13.5. The molecule has 1 aromatic heterocycles. The van der Waals surface area contributed by atoms with Crippen LogP contribution in [0.2, 0.25) is 0 Å². The second-order valence-electron chi connectivity index (χ2n) is 6.00. The third kappa shape index (κ3) is 4.10. The third-order valence-electron chi connectivity index (χ3n) is 4.40. The predicted molar refractivity (Wildman–Crippen MR) is 89.2 cm³/mol. The standard InChI is InChI=1S/C19H21FN2O2/c20-17-5-1-2-6-18(17)24-14-19(23)22-13-3-4-16(22)8-7-15-9-11-21-12-10-15/h1-2,5-6,9-12,16H,3-4,7-8,13-14H2/t16-/m1/s1. The second kappa shape index (κ2) is 7.90. The molecule has 1 fully saturated rings. The van der Waals surface area contributed by atoms with Crippen LogP contribution in [0.1, 0.15) is 24.8 Å². The first kappa shape index (κ1) is 16.4. The third-order valence-corrected chi connectivity index (χ3v) is 4.40. The molecule has 1 saturated heterocycles. The molecule has 0 saturated carbocycles. The van der Waals surface area contributed by atoms with Crippen LogP contribution in [-0.2, 0) is 11.2 Å². The van der Waals surface area contributed by atoms with Gasteiger partial charge in [-0.3, -0.25) is 9.78 Å². The van der Waals surface area contributed by atoms with Gasteiger partial charge in [-0.1, -0.05) is 12.1 Å². The highest BCUT2D eigenvalue weighted by Crippen LogP contribution is 2.22. The average Bonchev–Trinajstić information content (AvgIpc) is 3.08. The van der Waals surface area contributed by atoms with E-state index < -0.39 is 5.82 Å². The molecule has 0 aliphatic carbocycles. The Bertz CT molecular complexity index is 678. The van der Waals surface area contributed by atoms with E-state index in [4.69, 9.17) is 4.74 Å². The zero-order chi connectivity index (χ0) is 16.8. The number of carbonyl (C=O) groups is 1. The van der Waals surface area contributed by atoms with E-state index in [1.807, 2.05) is 17.0 Å². The van der Waals surface area contributed by atoms with E-state index >= 15 is 0 Å². The first-order valence-electron chi connectivity index (χ1n) is 8.30. The number of likely N-dealkylation sites (tertiary alicyclic amines) is 1. The summed E-state index contributed by atoms with van der Waals surface area (Å²) in [7, 11) is 0. The summed E-state index contributed by atoms with van der Waals surface area (Å²) < 4.78 is 18.9. The van der Waals surface area contributed by atoms with Gasteiger partial charge in [0.05, 0.1) is 0 Å². The molecular formula is C19H21FN2O2. The molecule has 1 aliphatic rings. The van der Waals surface area contributed by atoms with Crippen molar-refractivity contribution in [1.29, 1.82) is 0 Å². The van der Waals surface area contributed by atoms with E-state index in [9.17, 15) is 9.18 Å². The summed E-state index contributed by atoms with van der Waals surface area (Å²) >= 11 is 0. The maximum absolute atomic E-state index is 13.5. The SMILES string of the molecule is O=C(COc1ccccc1F)N1CCC[C@@H]1CCc1ccncc1. The number of nitrogens with zero attached hydrogens (tertiary/aromatic N) is 2. The average molecular weight is 328 g/mol. The van der Waals surface area contributed by atoms with Crippen LogP contribution < -0.4 is 4.74 Å². The van der Waals surface area contributed by atoms with Gasteiger partial charge in [-0.25, -0.2) is 4.39 Å². The number of pyridine rings is 1. The van der Waals surface area contributed by atoms with Gasteiger partial charge < -0.3 is 9.64 Å². The molecule has 0 radical (unpaired) electrons. The van der Waals surface area contributed by atoms with E-state index in [1.54, 1.807) is 24.5 Å². The molecule has 24 heavy (non-hydrogen) atoms. The topological polar surface area (TPSA) is 42.4 Å². The summed E-state index contributed by atoms with van der Waals surface area (Å²) in [5, 5.41) is 0. The normalized spacial score (nSPS) is 17.0. The number of rotatable bonds is 6. The summed E-state index contributed by atoms with van der Waals surface area (Å²) in [6.45, 7) is 0.632. The van der Waals surface area contributed by atoms with E-state index in [1.165, 1.54) is 17.7 Å². The highest BCUT2D eigenvalue weighted by atomic mass is 19.1. The second-order valence-corrected chi connectivity index (χ2v) is 6.00. The fourth-order valence-electron chi connectivity index (χ4n) is 3.13. The largest absolute Gasteiger partial charge is 0.481 e. The summed E-state index contributed by atoms with van der Waals surface area (Å²) in [5.74, 6) is -0.394. The Morgan fingerprint density at radius 3 is 2.83 bits per heavy atom. The van der Waals surface area contributed by atoms with Gasteiger partial charge >= 0.3 is 0 Å². The van der Waals surface area contributed by atoms with Crippen molar-refractivity contribution < 1.29 is 13.9 Å². The number of hydrogen-bond donors (Lipinski definition) is 0.